The van der Waals surface area contributed by atoms with Crippen LogP contribution in [-0.4, -0.2) is 98.2 Å². The highest BCUT2D eigenvalue weighted by Crippen LogP contribution is 2.36. The van der Waals surface area contributed by atoms with E-state index >= 15 is 0 Å². The zero-order valence-electron chi connectivity index (χ0n) is 29.0. The third-order valence-electron chi connectivity index (χ3n) is 7.68. The normalized spacial score (nSPS) is 18.3. The highest BCUT2D eigenvalue weighted by Gasteiger charge is 2.57. The van der Waals surface area contributed by atoms with Crippen molar-refractivity contribution in [1.29, 1.82) is 0 Å². The Bertz CT molecular complexity index is 1710. The summed E-state index contributed by atoms with van der Waals surface area (Å²) in [5.74, 6) is -5.45. The number of ether oxygens (including phenoxy) is 7. The van der Waals surface area contributed by atoms with Crippen molar-refractivity contribution in [3.05, 3.63) is 119 Å². The molecule has 1 fully saturated rings. The molecule has 0 radical (unpaired) electrons. The van der Waals surface area contributed by atoms with E-state index in [1.54, 1.807) is 54.6 Å². The molecule has 1 aliphatic heterocycles. The molecule has 3 aromatic carbocycles. The van der Waals surface area contributed by atoms with E-state index in [1.165, 1.54) is 62.3 Å². The van der Waals surface area contributed by atoms with Crippen molar-refractivity contribution in [2.24, 2.45) is 0 Å². The number of hydrogen-bond acceptors (Lipinski definition) is 14. The summed E-state index contributed by atoms with van der Waals surface area (Å²) in [6.07, 6.45) is -4.91. The minimum Gasteiger partial charge on any atom is -0.462 e. The van der Waals surface area contributed by atoms with E-state index in [4.69, 9.17) is 33.2 Å². The van der Waals surface area contributed by atoms with Gasteiger partial charge in [-0.15, -0.1) is 0 Å². The van der Waals surface area contributed by atoms with Gasteiger partial charge in [0.1, 0.15) is 12.6 Å². The SMILES string of the molecule is CCOC(=O)C(=CN1[C@@H]([C@@H](COC(=O)c2ccccc2)OC(C)=O)[C@H](OC(=O)c2ccccc2)[C@@H](OC(=O)c2ccccc2)[C@@H]1OC)C(=O)OCC. The molecule has 3 aromatic rings. The van der Waals surface area contributed by atoms with E-state index in [0.717, 1.165) is 13.1 Å². The van der Waals surface area contributed by atoms with Crippen LogP contribution in [-0.2, 0) is 47.5 Å². The lowest BCUT2D eigenvalue weighted by atomic mass is 10.0. The van der Waals surface area contributed by atoms with Crippen molar-refractivity contribution in [1.82, 2.24) is 4.90 Å². The summed E-state index contributed by atoms with van der Waals surface area (Å²) >= 11 is 0. The molecule has 1 aliphatic rings. The van der Waals surface area contributed by atoms with E-state index < -0.39 is 78.6 Å². The quantitative estimate of drug-likeness (QED) is 0.0729. The zero-order valence-corrected chi connectivity index (χ0v) is 29.0. The first-order valence-electron chi connectivity index (χ1n) is 16.4. The van der Waals surface area contributed by atoms with E-state index in [0.29, 0.717) is 0 Å². The number of likely N-dealkylation sites (tertiary alicyclic amines) is 1. The largest absolute Gasteiger partial charge is 0.462 e. The lowest BCUT2D eigenvalue weighted by Gasteiger charge is -2.34. The van der Waals surface area contributed by atoms with Gasteiger partial charge in [0, 0.05) is 20.2 Å². The lowest BCUT2D eigenvalue weighted by Crippen LogP contribution is -2.50. The van der Waals surface area contributed by atoms with Gasteiger partial charge in [-0.3, -0.25) is 4.79 Å². The number of rotatable bonds is 15. The molecule has 0 spiro atoms. The molecule has 1 saturated heterocycles. The molecular formula is C38H39NO13. The number of benzene rings is 3. The van der Waals surface area contributed by atoms with Gasteiger partial charge in [0.15, 0.2) is 30.1 Å². The maximum Gasteiger partial charge on any atom is 0.347 e. The van der Waals surface area contributed by atoms with Crippen molar-refractivity contribution in [2.75, 3.05) is 26.9 Å². The van der Waals surface area contributed by atoms with Gasteiger partial charge in [-0.2, -0.15) is 0 Å². The molecule has 14 heteroatoms. The summed E-state index contributed by atoms with van der Waals surface area (Å²) in [6.45, 7) is 3.35. The summed E-state index contributed by atoms with van der Waals surface area (Å²) in [7, 11) is 1.25. The van der Waals surface area contributed by atoms with Gasteiger partial charge in [0.25, 0.3) is 0 Å². The van der Waals surface area contributed by atoms with E-state index in [1.807, 2.05) is 0 Å². The number of nitrogens with zero attached hydrogens (tertiary/aromatic N) is 1. The van der Waals surface area contributed by atoms with Crippen molar-refractivity contribution in [2.45, 2.75) is 51.4 Å². The Morgan fingerprint density at radius 2 is 1.10 bits per heavy atom. The molecule has 0 aliphatic carbocycles. The zero-order chi connectivity index (χ0) is 37.6. The smallest absolute Gasteiger partial charge is 0.347 e. The standard InChI is InChI=1S/C38H39NO13/c1-5-47-37(44)28(38(45)48-6-2)22-39-30(29(50-24(3)40)23-49-34(41)25-16-10-7-11-17-25)31(51-35(42)26-18-12-8-13-19-26)32(33(39)46-4)52-36(43)27-20-14-9-15-21-27/h7-22,29-33H,5-6,23H2,1-4H3/t29-,30+,31+,32-,33+/m1/s1. The number of carbonyl (C=O) groups excluding carboxylic acids is 6. The summed E-state index contributed by atoms with van der Waals surface area (Å²) < 4.78 is 39.4. The number of methoxy groups -OCH3 is 1. The second-order valence-corrected chi connectivity index (χ2v) is 11.1. The van der Waals surface area contributed by atoms with Crippen molar-refractivity contribution in [3.8, 4) is 0 Å². The van der Waals surface area contributed by atoms with Crippen LogP contribution in [0.4, 0.5) is 0 Å². The third-order valence-corrected chi connectivity index (χ3v) is 7.68. The summed E-state index contributed by atoms with van der Waals surface area (Å²) in [5, 5.41) is 0. The molecule has 1 heterocycles. The fourth-order valence-electron chi connectivity index (χ4n) is 5.46. The first-order chi connectivity index (χ1) is 25.1. The molecule has 4 rings (SSSR count). The Balaban J connectivity index is 1.91. The molecule has 0 unspecified atom stereocenters. The molecule has 0 amide bonds. The topological polar surface area (TPSA) is 170 Å². The van der Waals surface area contributed by atoms with Gasteiger partial charge in [0.05, 0.1) is 29.9 Å². The van der Waals surface area contributed by atoms with Crippen LogP contribution in [0.15, 0.2) is 103 Å². The Labute approximate surface area is 300 Å². The molecular weight excluding hydrogens is 678 g/mol. The van der Waals surface area contributed by atoms with Gasteiger partial charge in [-0.25, -0.2) is 24.0 Å². The Morgan fingerprint density at radius 1 is 0.654 bits per heavy atom. The van der Waals surface area contributed by atoms with Crippen LogP contribution in [0.2, 0.25) is 0 Å². The molecule has 5 atom stereocenters. The van der Waals surface area contributed by atoms with Gasteiger partial charge in [0.2, 0.25) is 0 Å². The monoisotopic (exact) mass is 717 g/mol. The van der Waals surface area contributed by atoms with Crippen LogP contribution < -0.4 is 0 Å². The van der Waals surface area contributed by atoms with Gasteiger partial charge < -0.3 is 38.1 Å². The molecule has 0 bridgehead atoms. The molecule has 0 saturated carbocycles. The van der Waals surface area contributed by atoms with Crippen LogP contribution >= 0.6 is 0 Å². The first-order valence-corrected chi connectivity index (χ1v) is 16.4. The molecule has 0 aromatic heterocycles. The third kappa shape index (κ3) is 9.82. The highest BCUT2D eigenvalue weighted by molar-refractivity contribution is 6.14. The lowest BCUT2D eigenvalue weighted by molar-refractivity contribution is -0.155. The maximum absolute atomic E-state index is 13.7. The minimum absolute atomic E-state index is 0.104. The summed E-state index contributed by atoms with van der Waals surface area (Å²) in [5.41, 5.74) is -0.156. The first kappa shape index (κ1) is 38.8. The highest BCUT2D eigenvalue weighted by atomic mass is 16.6. The number of esters is 6. The van der Waals surface area contributed by atoms with E-state index in [-0.39, 0.29) is 29.9 Å². The van der Waals surface area contributed by atoms with Crippen LogP contribution in [0.1, 0.15) is 51.8 Å². The number of carbonyl (C=O) groups is 6. The minimum atomic E-state index is -1.55. The molecule has 0 N–H and O–H groups in total. The van der Waals surface area contributed by atoms with Crippen LogP contribution in [0, 0.1) is 0 Å². The average Bonchev–Trinajstić information content (AvgIpc) is 3.43. The van der Waals surface area contributed by atoms with Crippen LogP contribution in [0.5, 0.6) is 0 Å². The Morgan fingerprint density at radius 3 is 1.52 bits per heavy atom. The summed E-state index contributed by atoms with van der Waals surface area (Å²) in [4.78, 5) is 80.5. The van der Waals surface area contributed by atoms with E-state index in [9.17, 15) is 28.8 Å². The van der Waals surface area contributed by atoms with Crippen molar-refractivity contribution < 1.29 is 61.9 Å². The maximum atomic E-state index is 13.7. The predicted octanol–water partition coefficient (Wildman–Crippen LogP) is 3.89. The van der Waals surface area contributed by atoms with Crippen LogP contribution in [0.25, 0.3) is 0 Å². The van der Waals surface area contributed by atoms with Crippen molar-refractivity contribution in [3.63, 3.8) is 0 Å². The van der Waals surface area contributed by atoms with Crippen molar-refractivity contribution >= 4 is 35.8 Å². The average molecular weight is 718 g/mol. The van der Waals surface area contributed by atoms with Crippen LogP contribution in [0.3, 0.4) is 0 Å². The number of hydrogen-bond donors (Lipinski definition) is 0. The predicted molar refractivity (Wildman–Crippen MR) is 181 cm³/mol. The van der Waals surface area contributed by atoms with Gasteiger partial charge in [-0.1, -0.05) is 54.6 Å². The summed E-state index contributed by atoms with van der Waals surface area (Å²) in [6, 6.07) is 22.4. The fraction of sp³-hybridized carbons (Fsp3) is 0.316. The Kier molecular flexibility index (Phi) is 14.0. The van der Waals surface area contributed by atoms with Gasteiger partial charge in [-0.05, 0) is 50.2 Å². The Hall–Kier alpha value is -6.02. The van der Waals surface area contributed by atoms with E-state index in [2.05, 4.69) is 0 Å². The molecule has 52 heavy (non-hydrogen) atoms. The second kappa shape index (κ2) is 18.8. The van der Waals surface area contributed by atoms with Gasteiger partial charge >= 0.3 is 35.8 Å². The second-order valence-electron chi connectivity index (χ2n) is 11.1. The fourth-order valence-corrected chi connectivity index (χ4v) is 5.46. The molecule has 14 nitrogen and oxygen atoms in total. The molecule has 274 valence electrons.